The molecule has 1 N–H and O–H groups in total. The lowest BCUT2D eigenvalue weighted by Gasteiger charge is -2.09. The minimum atomic E-state index is -4.49. The van der Waals surface area contributed by atoms with Crippen molar-refractivity contribution in [1.82, 2.24) is 4.98 Å². The first kappa shape index (κ1) is 16.3. The Kier molecular flexibility index (Phi) is 4.90. The number of alkyl halides is 4. The zero-order valence-electron chi connectivity index (χ0n) is 10.2. The molecule has 3 nitrogen and oxygen atoms in total. The predicted molar refractivity (Wildman–Crippen MR) is 80.0 cm³/mol. The number of amides is 1. The smallest absolute Gasteiger partial charge is 0.301 e. The molecule has 0 atom stereocenters. The molecule has 0 aliphatic carbocycles. The van der Waals surface area contributed by atoms with Gasteiger partial charge in [0, 0.05) is 10.9 Å². The molecule has 0 spiro atoms. The van der Waals surface area contributed by atoms with Gasteiger partial charge in [0.1, 0.15) is 0 Å². The van der Waals surface area contributed by atoms with Crippen LogP contribution in [0.25, 0.3) is 11.3 Å². The van der Waals surface area contributed by atoms with Crippen LogP contribution in [-0.2, 0) is 11.0 Å². The number of halogens is 5. The first-order valence-electron chi connectivity index (χ1n) is 5.49. The van der Waals surface area contributed by atoms with Crippen molar-refractivity contribution in [3.8, 4) is 11.3 Å². The quantitative estimate of drug-likeness (QED) is 0.752. The van der Waals surface area contributed by atoms with Crippen LogP contribution >= 0.6 is 38.9 Å². The molecule has 0 bridgehead atoms. The molecule has 1 aromatic heterocycles. The highest BCUT2D eigenvalue weighted by Crippen LogP contribution is 2.37. The van der Waals surface area contributed by atoms with E-state index in [2.05, 4.69) is 26.2 Å². The van der Waals surface area contributed by atoms with Crippen molar-refractivity contribution in [3.05, 3.63) is 34.2 Å². The second kappa shape index (κ2) is 6.33. The molecule has 0 fully saturated rings. The molecular weight excluding hydrogens is 393 g/mol. The van der Waals surface area contributed by atoms with E-state index in [4.69, 9.17) is 11.6 Å². The van der Waals surface area contributed by atoms with Crippen molar-refractivity contribution in [1.29, 1.82) is 0 Å². The summed E-state index contributed by atoms with van der Waals surface area (Å²) < 4.78 is 37.9. The summed E-state index contributed by atoms with van der Waals surface area (Å²) in [5.74, 6) is -0.263. The summed E-state index contributed by atoms with van der Waals surface area (Å²) >= 11 is 9.83. The summed E-state index contributed by atoms with van der Waals surface area (Å²) in [5, 5.41) is 4.28. The lowest BCUT2D eigenvalue weighted by atomic mass is 10.1. The van der Waals surface area contributed by atoms with E-state index in [1.807, 2.05) is 0 Å². The maximum Gasteiger partial charge on any atom is 0.417 e. The Balaban J connectivity index is 2.27. The van der Waals surface area contributed by atoms with Crippen molar-refractivity contribution in [3.63, 3.8) is 0 Å². The van der Waals surface area contributed by atoms with E-state index in [1.165, 1.54) is 23.5 Å². The van der Waals surface area contributed by atoms with Gasteiger partial charge in [-0.1, -0.05) is 33.6 Å². The van der Waals surface area contributed by atoms with Gasteiger partial charge in [-0.2, -0.15) is 13.2 Å². The second-order valence-electron chi connectivity index (χ2n) is 3.91. The Bertz CT molecular complexity index is 675. The Morgan fingerprint density at radius 2 is 2.14 bits per heavy atom. The van der Waals surface area contributed by atoms with Crippen LogP contribution in [0.2, 0.25) is 5.02 Å². The SMILES string of the molecule is O=C(CBr)Nc1nc(-c2ccc(C(F)(F)F)c(Cl)c2)cs1. The van der Waals surface area contributed by atoms with Gasteiger partial charge in [0.05, 0.1) is 21.6 Å². The molecule has 1 aromatic carbocycles. The number of aromatic nitrogens is 1. The molecule has 0 unspecified atom stereocenters. The highest BCUT2D eigenvalue weighted by Gasteiger charge is 2.33. The molecule has 1 amide bonds. The van der Waals surface area contributed by atoms with Gasteiger partial charge < -0.3 is 5.32 Å². The van der Waals surface area contributed by atoms with Crippen LogP contribution in [0.4, 0.5) is 18.3 Å². The highest BCUT2D eigenvalue weighted by molar-refractivity contribution is 9.09. The van der Waals surface area contributed by atoms with Gasteiger partial charge in [-0.25, -0.2) is 4.98 Å². The topological polar surface area (TPSA) is 42.0 Å². The number of anilines is 1. The highest BCUT2D eigenvalue weighted by atomic mass is 79.9. The van der Waals surface area contributed by atoms with Crippen molar-refractivity contribution >= 4 is 49.9 Å². The van der Waals surface area contributed by atoms with Crippen LogP contribution in [0.15, 0.2) is 23.6 Å². The van der Waals surface area contributed by atoms with E-state index in [0.29, 0.717) is 16.4 Å². The zero-order valence-corrected chi connectivity index (χ0v) is 13.3. The third-order valence-corrected chi connectivity index (χ3v) is 4.02. The van der Waals surface area contributed by atoms with Crippen LogP contribution in [0.5, 0.6) is 0 Å². The fourth-order valence-corrected chi connectivity index (χ4v) is 2.68. The van der Waals surface area contributed by atoms with Gasteiger partial charge in [-0.05, 0) is 12.1 Å². The molecule has 1 heterocycles. The van der Waals surface area contributed by atoms with E-state index in [0.717, 1.165) is 6.07 Å². The molecular formula is C12H7BrClF3N2OS. The first-order valence-corrected chi connectivity index (χ1v) is 7.87. The standard InChI is InChI=1S/C12H7BrClF3N2OS/c13-4-10(20)19-11-18-9(5-21-11)6-1-2-7(8(14)3-6)12(15,16)17/h1-3,5H,4H2,(H,18,19,20). The van der Waals surface area contributed by atoms with Crippen LogP contribution in [0.3, 0.4) is 0 Å². The summed E-state index contributed by atoms with van der Waals surface area (Å²) in [6.07, 6.45) is -4.49. The van der Waals surface area contributed by atoms with Gasteiger partial charge in [0.15, 0.2) is 5.13 Å². The monoisotopic (exact) mass is 398 g/mol. The number of nitrogens with one attached hydrogen (secondary N) is 1. The second-order valence-corrected chi connectivity index (χ2v) is 5.74. The maximum absolute atomic E-state index is 12.6. The number of hydrogen-bond donors (Lipinski definition) is 1. The molecule has 0 saturated carbocycles. The van der Waals surface area contributed by atoms with Crippen LogP contribution < -0.4 is 5.32 Å². The van der Waals surface area contributed by atoms with Crippen LogP contribution in [-0.4, -0.2) is 16.2 Å². The largest absolute Gasteiger partial charge is 0.417 e. The minimum absolute atomic E-state index is 0.133. The van der Waals surface area contributed by atoms with E-state index in [9.17, 15) is 18.0 Å². The van der Waals surface area contributed by atoms with Gasteiger partial charge in [0.2, 0.25) is 5.91 Å². The lowest BCUT2D eigenvalue weighted by Crippen LogP contribution is -2.11. The molecule has 2 aromatic rings. The van der Waals surface area contributed by atoms with E-state index >= 15 is 0 Å². The number of hydrogen-bond acceptors (Lipinski definition) is 3. The third kappa shape index (κ3) is 3.96. The number of rotatable bonds is 3. The summed E-state index contributed by atoms with van der Waals surface area (Å²) in [6.45, 7) is 0. The van der Waals surface area contributed by atoms with Crippen molar-refractivity contribution in [2.24, 2.45) is 0 Å². The summed E-state index contributed by atoms with van der Waals surface area (Å²) in [7, 11) is 0. The average Bonchev–Trinajstić information content (AvgIpc) is 2.85. The van der Waals surface area contributed by atoms with Crippen LogP contribution in [0, 0.1) is 0 Å². The zero-order chi connectivity index (χ0) is 15.6. The summed E-state index contributed by atoms with van der Waals surface area (Å²) in [4.78, 5) is 15.3. The number of nitrogens with zero attached hydrogens (tertiary/aromatic N) is 1. The maximum atomic E-state index is 12.6. The Labute approximate surface area is 135 Å². The van der Waals surface area contributed by atoms with E-state index in [-0.39, 0.29) is 16.3 Å². The Morgan fingerprint density at radius 3 is 2.71 bits per heavy atom. The fraction of sp³-hybridized carbons (Fsp3) is 0.167. The Hall–Kier alpha value is -1.12. The molecule has 9 heteroatoms. The average molecular weight is 400 g/mol. The summed E-state index contributed by atoms with van der Waals surface area (Å²) in [5.41, 5.74) is 0.0000458. The van der Waals surface area contributed by atoms with E-state index in [1.54, 1.807) is 5.38 Å². The molecule has 2 rings (SSSR count). The lowest BCUT2D eigenvalue weighted by molar-refractivity contribution is -0.137. The first-order chi connectivity index (χ1) is 9.81. The van der Waals surface area contributed by atoms with Gasteiger partial charge in [-0.3, -0.25) is 4.79 Å². The number of carbonyl (C=O) groups is 1. The molecule has 0 saturated heterocycles. The molecule has 0 aliphatic heterocycles. The molecule has 21 heavy (non-hydrogen) atoms. The summed E-state index contributed by atoms with van der Waals surface area (Å²) in [6, 6.07) is 3.41. The number of benzene rings is 1. The van der Waals surface area contributed by atoms with Crippen molar-refractivity contribution in [2.45, 2.75) is 6.18 Å². The van der Waals surface area contributed by atoms with Crippen molar-refractivity contribution in [2.75, 3.05) is 10.6 Å². The number of carbonyl (C=O) groups excluding carboxylic acids is 1. The van der Waals surface area contributed by atoms with Gasteiger partial charge in [-0.15, -0.1) is 11.3 Å². The predicted octanol–water partition coefficient (Wildman–Crippen LogP) is 4.82. The molecule has 0 radical (unpaired) electrons. The van der Waals surface area contributed by atoms with Gasteiger partial charge >= 0.3 is 6.18 Å². The fourth-order valence-electron chi connectivity index (χ4n) is 1.52. The third-order valence-electron chi connectivity index (χ3n) is 2.44. The molecule has 0 aliphatic rings. The van der Waals surface area contributed by atoms with E-state index < -0.39 is 11.7 Å². The minimum Gasteiger partial charge on any atom is -0.301 e. The van der Waals surface area contributed by atoms with Crippen LogP contribution in [0.1, 0.15) is 5.56 Å². The number of thiazole rings is 1. The van der Waals surface area contributed by atoms with Gasteiger partial charge in [0.25, 0.3) is 0 Å². The normalized spacial score (nSPS) is 11.5. The molecule has 112 valence electrons. The van der Waals surface area contributed by atoms with Crippen molar-refractivity contribution < 1.29 is 18.0 Å². The Morgan fingerprint density at radius 1 is 1.43 bits per heavy atom.